The minimum Gasteiger partial charge on any atom is -0.380 e. The zero-order valence-corrected chi connectivity index (χ0v) is 20.2. The number of ether oxygens (including phenoxy) is 1. The van der Waals surface area contributed by atoms with Crippen molar-refractivity contribution in [2.75, 3.05) is 19.5 Å². The Morgan fingerprint density at radius 2 is 2.12 bits per heavy atom. The molecule has 2 aliphatic rings. The van der Waals surface area contributed by atoms with E-state index in [1.165, 1.54) is 24.0 Å². The summed E-state index contributed by atoms with van der Waals surface area (Å²) < 4.78 is 33.0. The summed E-state index contributed by atoms with van der Waals surface area (Å²) in [5.74, 6) is -0.0757. The number of amides is 1. The van der Waals surface area contributed by atoms with Gasteiger partial charge in [0.25, 0.3) is 10.0 Å². The molecule has 0 saturated carbocycles. The summed E-state index contributed by atoms with van der Waals surface area (Å²) in [5.41, 5.74) is 1.77. The van der Waals surface area contributed by atoms with Gasteiger partial charge in [-0.1, -0.05) is 6.07 Å². The fraction of sp³-hybridized carbons (Fsp3) is 0.304. The third-order valence-corrected chi connectivity index (χ3v) is 8.59. The van der Waals surface area contributed by atoms with Gasteiger partial charge in [-0.05, 0) is 49.7 Å². The van der Waals surface area contributed by atoms with Gasteiger partial charge in [0.15, 0.2) is 0 Å². The van der Waals surface area contributed by atoms with Gasteiger partial charge in [0.1, 0.15) is 5.41 Å². The molecule has 1 fully saturated rings. The van der Waals surface area contributed by atoms with Crippen molar-refractivity contribution in [1.29, 1.82) is 0 Å². The van der Waals surface area contributed by atoms with Gasteiger partial charge in [-0.25, -0.2) is 0 Å². The van der Waals surface area contributed by atoms with Gasteiger partial charge in [-0.2, -0.15) is 17.6 Å². The Hall–Kier alpha value is -3.02. The van der Waals surface area contributed by atoms with Gasteiger partial charge in [0.2, 0.25) is 5.91 Å². The number of benzene rings is 1. The smallest absolute Gasteiger partial charge is 0.283 e. The van der Waals surface area contributed by atoms with Gasteiger partial charge in [-0.15, -0.1) is 11.8 Å². The van der Waals surface area contributed by atoms with E-state index in [1.54, 1.807) is 23.2 Å². The summed E-state index contributed by atoms with van der Waals surface area (Å²) in [4.78, 5) is 24.5. The van der Waals surface area contributed by atoms with E-state index in [9.17, 15) is 13.2 Å². The van der Waals surface area contributed by atoms with Crippen molar-refractivity contribution in [3.63, 3.8) is 0 Å². The molecule has 0 unspecified atom stereocenters. The maximum atomic E-state index is 13.6. The van der Waals surface area contributed by atoms with Crippen molar-refractivity contribution in [2.45, 2.75) is 34.7 Å². The average Bonchev–Trinajstić information content (AvgIpc) is 3.59. The molecule has 1 atom stereocenters. The number of hydrogen-bond donors (Lipinski definition) is 0. The number of aliphatic imine (C=N–C) groups is 1. The predicted molar refractivity (Wildman–Crippen MR) is 128 cm³/mol. The van der Waals surface area contributed by atoms with Gasteiger partial charge in [0, 0.05) is 36.0 Å². The van der Waals surface area contributed by atoms with Crippen LogP contribution in [0.2, 0.25) is 0 Å². The second-order valence-electron chi connectivity index (χ2n) is 8.23. The highest BCUT2D eigenvalue weighted by atomic mass is 32.2. The van der Waals surface area contributed by atoms with E-state index in [0.717, 1.165) is 4.09 Å². The van der Waals surface area contributed by atoms with Crippen molar-refractivity contribution >= 4 is 40.1 Å². The zero-order chi connectivity index (χ0) is 23.9. The van der Waals surface area contributed by atoms with Crippen LogP contribution in [0.15, 0.2) is 63.6 Å². The molecule has 0 bridgehead atoms. The predicted octanol–water partition coefficient (Wildman–Crippen LogP) is 2.77. The molecule has 1 amide bonds. The summed E-state index contributed by atoms with van der Waals surface area (Å²) >= 11 is 1.40. The zero-order valence-electron chi connectivity index (χ0n) is 18.5. The molecule has 3 aromatic rings. The van der Waals surface area contributed by atoms with Crippen molar-refractivity contribution in [2.24, 2.45) is 4.99 Å². The van der Waals surface area contributed by atoms with Crippen LogP contribution >= 0.6 is 11.8 Å². The van der Waals surface area contributed by atoms with Crippen LogP contribution in [-0.2, 0) is 38.1 Å². The topological polar surface area (TPSA) is 107 Å². The van der Waals surface area contributed by atoms with E-state index in [2.05, 4.69) is 21.8 Å². The van der Waals surface area contributed by atoms with Gasteiger partial charge >= 0.3 is 0 Å². The van der Waals surface area contributed by atoms with Gasteiger partial charge in [0.05, 0.1) is 35.1 Å². The summed E-state index contributed by atoms with van der Waals surface area (Å²) in [7, 11) is -3.89. The second kappa shape index (κ2) is 8.64. The maximum absolute atomic E-state index is 13.6. The highest BCUT2D eigenvalue weighted by molar-refractivity contribution is 7.98. The second-order valence-corrected chi connectivity index (χ2v) is 10.9. The molecular weight excluding hydrogens is 474 g/mol. The third kappa shape index (κ3) is 3.64. The SMILES string of the molecule is C=Nc1ccc(S(=O)(=O)n2cc3c(n2)CN(C(=O)[C@]2(c4ccccn4)CCOC2)C3)cc1SC. The summed E-state index contributed by atoms with van der Waals surface area (Å²) in [6.45, 7) is 4.81. The van der Waals surface area contributed by atoms with Crippen LogP contribution in [0.25, 0.3) is 0 Å². The van der Waals surface area contributed by atoms with Crippen molar-refractivity contribution < 1.29 is 17.9 Å². The Morgan fingerprint density at radius 1 is 1.26 bits per heavy atom. The molecule has 4 heterocycles. The molecule has 5 rings (SSSR count). The summed E-state index contributed by atoms with van der Waals surface area (Å²) in [5, 5.41) is 4.34. The van der Waals surface area contributed by atoms with Crippen molar-refractivity contribution in [1.82, 2.24) is 19.1 Å². The Labute approximate surface area is 201 Å². The molecule has 1 saturated heterocycles. The number of carbonyl (C=O) groups excluding carboxylic acids is 1. The van der Waals surface area contributed by atoms with Crippen LogP contribution in [0.5, 0.6) is 0 Å². The van der Waals surface area contributed by atoms with Gasteiger partial charge in [-0.3, -0.25) is 14.8 Å². The first kappa shape index (κ1) is 22.8. The van der Waals surface area contributed by atoms with Crippen LogP contribution in [0.4, 0.5) is 5.69 Å². The van der Waals surface area contributed by atoms with Crippen LogP contribution in [0.3, 0.4) is 0 Å². The monoisotopic (exact) mass is 497 g/mol. The van der Waals surface area contributed by atoms with Gasteiger partial charge < -0.3 is 9.64 Å². The number of rotatable bonds is 6. The molecule has 2 aromatic heterocycles. The lowest BCUT2D eigenvalue weighted by Gasteiger charge is -2.30. The molecule has 0 spiro atoms. The lowest BCUT2D eigenvalue weighted by Crippen LogP contribution is -2.46. The summed E-state index contributed by atoms with van der Waals surface area (Å²) in [6.07, 6.45) is 5.58. The molecule has 1 aromatic carbocycles. The number of thioether (sulfide) groups is 1. The molecule has 176 valence electrons. The lowest BCUT2D eigenvalue weighted by atomic mass is 9.81. The first-order valence-electron chi connectivity index (χ1n) is 10.7. The number of pyridine rings is 1. The minimum absolute atomic E-state index is 0.0757. The molecule has 2 aliphatic heterocycles. The van der Waals surface area contributed by atoms with E-state index in [4.69, 9.17) is 4.74 Å². The molecular formula is C23H23N5O4S2. The normalized spacial score (nSPS) is 19.9. The Morgan fingerprint density at radius 3 is 2.76 bits per heavy atom. The molecule has 0 N–H and O–H groups in total. The van der Waals surface area contributed by atoms with Crippen molar-refractivity contribution in [3.05, 3.63) is 65.7 Å². The van der Waals surface area contributed by atoms with Crippen LogP contribution in [0.1, 0.15) is 23.4 Å². The number of carbonyl (C=O) groups is 1. The first-order chi connectivity index (χ1) is 16.4. The highest BCUT2D eigenvalue weighted by Gasteiger charge is 2.48. The quantitative estimate of drug-likeness (QED) is 0.381. The Bertz CT molecular complexity index is 1340. The Balaban J connectivity index is 1.40. The fourth-order valence-electron chi connectivity index (χ4n) is 4.44. The number of hydrogen-bond acceptors (Lipinski definition) is 8. The highest BCUT2D eigenvalue weighted by Crippen LogP contribution is 2.37. The van der Waals surface area contributed by atoms with Crippen LogP contribution in [-0.4, -0.2) is 59.6 Å². The average molecular weight is 498 g/mol. The first-order valence-corrected chi connectivity index (χ1v) is 13.3. The Kier molecular flexibility index (Phi) is 5.78. The summed E-state index contributed by atoms with van der Waals surface area (Å²) in [6, 6.07) is 10.2. The molecule has 0 radical (unpaired) electrons. The standard InChI is InChI=1S/C23H23N5O4S2/c1-24-18-7-6-17(11-20(18)33-2)34(30,31)28-13-16-12-27(14-19(16)26-28)22(29)23(8-10-32-15-23)21-5-3-4-9-25-21/h3-7,9,11,13H,1,8,10,12,14-15H2,2H3/t23-/m1/s1. The van der Waals surface area contributed by atoms with Crippen LogP contribution < -0.4 is 0 Å². The van der Waals surface area contributed by atoms with Crippen LogP contribution in [0, 0.1) is 0 Å². The molecule has 34 heavy (non-hydrogen) atoms. The largest absolute Gasteiger partial charge is 0.380 e. The van der Waals surface area contributed by atoms with E-state index < -0.39 is 15.4 Å². The van der Waals surface area contributed by atoms with Crippen molar-refractivity contribution in [3.8, 4) is 0 Å². The minimum atomic E-state index is -3.89. The van der Waals surface area contributed by atoms with E-state index in [0.29, 0.717) is 40.6 Å². The molecule has 9 nitrogen and oxygen atoms in total. The van der Waals surface area contributed by atoms with E-state index >= 15 is 0 Å². The number of fused-ring (bicyclic) bond motifs is 1. The maximum Gasteiger partial charge on any atom is 0.283 e. The molecule has 11 heteroatoms. The fourth-order valence-corrected chi connectivity index (χ4v) is 6.30. The number of aromatic nitrogens is 3. The number of nitrogens with zero attached hydrogens (tertiary/aromatic N) is 5. The van der Waals surface area contributed by atoms with E-state index in [1.807, 2.05) is 24.5 Å². The van der Waals surface area contributed by atoms with E-state index in [-0.39, 0.29) is 30.5 Å². The lowest BCUT2D eigenvalue weighted by molar-refractivity contribution is -0.138. The third-order valence-electron chi connectivity index (χ3n) is 6.30. The molecule has 0 aliphatic carbocycles.